The first-order valence-electron chi connectivity index (χ1n) is 7.88. The van der Waals surface area contributed by atoms with Gasteiger partial charge in [0.25, 0.3) is 17.7 Å². The van der Waals surface area contributed by atoms with E-state index in [1.807, 2.05) is 13.8 Å². The number of benzene rings is 1. The molecule has 0 radical (unpaired) electrons. The van der Waals surface area contributed by atoms with Crippen molar-refractivity contribution in [3.63, 3.8) is 0 Å². The summed E-state index contributed by atoms with van der Waals surface area (Å²) in [6.07, 6.45) is 0.211. The molecule has 126 valence electrons. The Kier molecular flexibility index (Phi) is 3.66. The standard InChI is InChI=1S/C17H19N3O4/c1-9(2)18-11-6-4-5-10-13(11)15(23)20(14(10)22)17(3)8-7-12(21)19-16(17)24/h4-6,9,18H,7-8H2,1-3H3,(H,19,21,24). The van der Waals surface area contributed by atoms with Crippen LogP contribution in [0.1, 0.15) is 54.3 Å². The smallest absolute Gasteiger partial charge is 0.264 e. The van der Waals surface area contributed by atoms with E-state index in [1.54, 1.807) is 18.2 Å². The average molecular weight is 329 g/mol. The third-order valence-electron chi connectivity index (χ3n) is 4.43. The fourth-order valence-electron chi connectivity index (χ4n) is 3.17. The zero-order valence-corrected chi connectivity index (χ0v) is 13.8. The molecule has 4 amide bonds. The molecule has 1 aromatic carbocycles. The van der Waals surface area contributed by atoms with Gasteiger partial charge in [-0.3, -0.25) is 29.4 Å². The van der Waals surface area contributed by atoms with Gasteiger partial charge in [-0.15, -0.1) is 0 Å². The molecule has 1 saturated heterocycles. The predicted octanol–water partition coefficient (Wildman–Crippen LogP) is 1.30. The summed E-state index contributed by atoms with van der Waals surface area (Å²) in [5.74, 6) is -2.02. The molecule has 3 rings (SSSR count). The molecular formula is C17H19N3O4. The Morgan fingerprint density at radius 2 is 1.88 bits per heavy atom. The van der Waals surface area contributed by atoms with E-state index in [-0.39, 0.29) is 30.0 Å². The van der Waals surface area contributed by atoms with E-state index in [0.717, 1.165) is 4.90 Å². The summed E-state index contributed by atoms with van der Waals surface area (Å²) in [7, 11) is 0. The highest BCUT2D eigenvalue weighted by Crippen LogP contribution is 2.37. The van der Waals surface area contributed by atoms with Gasteiger partial charge in [-0.1, -0.05) is 6.07 Å². The van der Waals surface area contributed by atoms with Crippen molar-refractivity contribution in [2.24, 2.45) is 0 Å². The van der Waals surface area contributed by atoms with E-state index in [2.05, 4.69) is 10.6 Å². The molecular weight excluding hydrogens is 310 g/mol. The number of nitrogens with zero attached hydrogens (tertiary/aromatic N) is 1. The van der Waals surface area contributed by atoms with E-state index in [4.69, 9.17) is 0 Å². The van der Waals surface area contributed by atoms with Crippen LogP contribution in [0.25, 0.3) is 0 Å². The fourth-order valence-corrected chi connectivity index (χ4v) is 3.17. The van der Waals surface area contributed by atoms with Gasteiger partial charge in [0.05, 0.1) is 11.1 Å². The zero-order chi connectivity index (χ0) is 17.6. The van der Waals surface area contributed by atoms with Gasteiger partial charge in [0.15, 0.2) is 0 Å². The van der Waals surface area contributed by atoms with Gasteiger partial charge in [-0.2, -0.15) is 0 Å². The van der Waals surface area contributed by atoms with Gasteiger partial charge in [0.1, 0.15) is 5.54 Å². The van der Waals surface area contributed by atoms with Crippen molar-refractivity contribution in [2.45, 2.75) is 45.2 Å². The Morgan fingerprint density at radius 3 is 2.50 bits per heavy atom. The normalized spacial score (nSPS) is 23.6. The molecule has 0 saturated carbocycles. The van der Waals surface area contributed by atoms with Crippen LogP contribution in [0, 0.1) is 0 Å². The zero-order valence-electron chi connectivity index (χ0n) is 13.8. The number of amides is 4. The second kappa shape index (κ2) is 5.43. The molecule has 0 bridgehead atoms. The van der Waals surface area contributed by atoms with E-state index in [1.165, 1.54) is 6.92 Å². The number of imide groups is 2. The summed E-state index contributed by atoms with van der Waals surface area (Å²) in [4.78, 5) is 50.4. The monoisotopic (exact) mass is 329 g/mol. The molecule has 24 heavy (non-hydrogen) atoms. The number of carbonyl (C=O) groups is 4. The molecule has 7 heteroatoms. The third-order valence-corrected chi connectivity index (χ3v) is 4.43. The van der Waals surface area contributed by atoms with E-state index >= 15 is 0 Å². The highest BCUT2D eigenvalue weighted by Gasteiger charge is 2.53. The molecule has 2 aliphatic heterocycles. The molecule has 1 unspecified atom stereocenters. The quantitative estimate of drug-likeness (QED) is 0.815. The number of carbonyl (C=O) groups excluding carboxylic acids is 4. The Hall–Kier alpha value is -2.70. The summed E-state index contributed by atoms with van der Waals surface area (Å²) in [5, 5.41) is 5.38. The van der Waals surface area contributed by atoms with Crippen molar-refractivity contribution in [1.82, 2.24) is 10.2 Å². The maximum Gasteiger partial charge on any atom is 0.264 e. The maximum atomic E-state index is 12.9. The lowest BCUT2D eigenvalue weighted by atomic mass is 9.89. The second-order valence-electron chi connectivity index (χ2n) is 6.62. The largest absolute Gasteiger partial charge is 0.382 e. The van der Waals surface area contributed by atoms with Crippen LogP contribution in [0.15, 0.2) is 18.2 Å². The predicted molar refractivity (Wildman–Crippen MR) is 86.5 cm³/mol. The van der Waals surface area contributed by atoms with Gasteiger partial charge in [0.2, 0.25) is 5.91 Å². The molecule has 2 aliphatic rings. The SMILES string of the molecule is CC(C)Nc1cccc2c1C(=O)N(C1(C)CCC(=O)NC1=O)C2=O. The lowest BCUT2D eigenvalue weighted by Gasteiger charge is -2.38. The molecule has 1 fully saturated rings. The molecule has 2 N–H and O–H groups in total. The van der Waals surface area contributed by atoms with Crippen LogP contribution in [0.4, 0.5) is 5.69 Å². The fraction of sp³-hybridized carbons (Fsp3) is 0.412. The highest BCUT2D eigenvalue weighted by atomic mass is 16.2. The first-order valence-corrected chi connectivity index (χ1v) is 7.88. The van der Waals surface area contributed by atoms with Crippen LogP contribution in [-0.2, 0) is 9.59 Å². The molecule has 1 atom stereocenters. The van der Waals surface area contributed by atoms with Crippen LogP contribution < -0.4 is 10.6 Å². The number of rotatable bonds is 3. The summed E-state index contributed by atoms with van der Waals surface area (Å²) >= 11 is 0. The Balaban J connectivity index is 2.04. The summed E-state index contributed by atoms with van der Waals surface area (Å²) in [6, 6.07) is 5.10. The summed E-state index contributed by atoms with van der Waals surface area (Å²) in [6.45, 7) is 5.38. The minimum Gasteiger partial charge on any atom is -0.382 e. The van der Waals surface area contributed by atoms with Crippen molar-refractivity contribution in [1.29, 1.82) is 0 Å². The van der Waals surface area contributed by atoms with Crippen molar-refractivity contribution in [3.05, 3.63) is 29.3 Å². The van der Waals surface area contributed by atoms with Gasteiger partial charge in [-0.05, 0) is 39.3 Å². The minimum atomic E-state index is -1.36. The highest BCUT2D eigenvalue weighted by molar-refractivity contribution is 6.26. The molecule has 7 nitrogen and oxygen atoms in total. The Morgan fingerprint density at radius 1 is 1.17 bits per heavy atom. The van der Waals surface area contributed by atoms with Crippen molar-refractivity contribution < 1.29 is 19.2 Å². The van der Waals surface area contributed by atoms with Crippen molar-refractivity contribution >= 4 is 29.3 Å². The summed E-state index contributed by atoms with van der Waals surface area (Å²) < 4.78 is 0. The van der Waals surface area contributed by atoms with Gasteiger partial charge in [0, 0.05) is 18.2 Å². The topological polar surface area (TPSA) is 95.6 Å². The van der Waals surface area contributed by atoms with Gasteiger partial charge in [-0.25, -0.2) is 0 Å². The molecule has 0 spiro atoms. The van der Waals surface area contributed by atoms with Crippen LogP contribution in [0.5, 0.6) is 0 Å². The van der Waals surface area contributed by atoms with E-state index in [9.17, 15) is 19.2 Å². The molecule has 2 heterocycles. The number of anilines is 1. The van der Waals surface area contributed by atoms with E-state index < -0.39 is 29.2 Å². The number of hydrogen-bond acceptors (Lipinski definition) is 5. The first kappa shape index (κ1) is 16.2. The van der Waals surface area contributed by atoms with Crippen molar-refractivity contribution in [2.75, 3.05) is 5.32 Å². The Labute approximate surface area is 139 Å². The molecule has 0 aliphatic carbocycles. The van der Waals surface area contributed by atoms with Crippen LogP contribution in [0.2, 0.25) is 0 Å². The van der Waals surface area contributed by atoms with Crippen LogP contribution >= 0.6 is 0 Å². The van der Waals surface area contributed by atoms with Gasteiger partial charge < -0.3 is 5.32 Å². The number of piperidine rings is 1. The Bertz CT molecular complexity index is 771. The van der Waals surface area contributed by atoms with Crippen molar-refractivity contribution in [3.8, 4) is 0 Å². The molecule has 1 aromatic rings. The van der Waals surface area contributed by atoms with Gasteiger partial charge >= 0.3 is 0 Å². The maximum absolute atomic E-state index is 12.9. The number of fused-ring (bicyclic) bond motifs is 1. The molecule has 0 aromatic heterocycles. The van der Waals surface area contributed by atoms with E-state index in [0.29, 0.717) is 5.69 Å². The lowest BCUT2D eigenvalue weighted by Crippen LogP contribution is -2.62. The summed E-state index contributed by atoms with van der Waals surface area (Å²) in [5.41, 5.74) is -0.242. The van der Waals surface area contributed by atoms with Crippen LogP contribution in [-0.4, -0.2) is 40.1 Å². The minimum absolute atomic E-state index is 0.0830. The second-order valence-corrected chi connectivity index (χ2v) is 6.62. The first-order chi connectivity index (χ1) is 11.3. The number of nitrogens with one attached hydrogen (secondary N) is 2. The third kappa shape index (κ3) is 2.28. The number of hydrogen-bond donors (Lipinski definition) is 2. The van der Waals surface area contributed by atoms with Crippen LogP contribution in [0.3, 0.4) is 0 Å². The average Bonchev–Trinajstić information content (AvgIpc) is 2.76. The lowest BCUT2D eigenvalue weighted by molar-refractivity contribution is -0.140.